The average Bonchev–Trinajstić information content (AvgIpc) is 2.42. The third-order valence-electron chi connectivity index (χ3n) is 2.40. The van der Waals surface area contributed by atoms with Crippen LogP contribution in [0.3, 0.4) is 0 Å². The van der Waals surface area contributed by atoms with Crippen LogP contribution in [0.5, 0.6) is 5.75 Å². The summed E-state index contributed by atoms with van der Waals surface area (Å²) in [5.41, 5.74) is 0. The molecule has 1 atom stereocenters. The highest BCUT2D eigenvalue weighted by Crippen LogP contribution is 2.13. The summed E-state index contributed by atoms with van der Waals surface area (Å²) < 4.78 is 40.9. The van der Waals surface area contributed by atoms with Gasteiger partial charge in [-0.25, -0.2) is 0 Å². The van der Waals surface area contributed by atoms with E-state index in [4.69, 9.17) is 9.29 Å². The van der Waals surface area contributed by atoms with Gasteiger partial charge in [0, 0.05) is 0 Å². The van der Waals surface area contributed by atoms with E-state index in [-0.39, 0.29) is 12.4 Å². The van der Waals surface area contributed by atoms with Crippen molar-refractivity contribution in [2.75, 3.05) is 6.61 Å². The molecule has 0 aliphatic carbocycles. The minimum atomic E-state index is -4.76. The van der Waals surface area contributed by atoms with Gasteiger partial charge in [0.2, 0.25) is 0 Å². The number of rotatable bonds is 7. The number of ether oxygens (including phenoxy) is 2. The molecule has 0 amide bonds. The first-order valence-electron chi connectivity index (χ1n) is 6.23. The van der Waals surface area contributed by atoms with Gasteiger partial charge in [-0.2, -0.15) is 8.42 Å². The molecule has 8 heteroatoms. The Kier molecular flexibility index (Phi) is 6.32. The van der Waals surface area contributed by atoms with Crippen molar-refractivity contribution in [1.82, 2.24) is 0 Å². The molecule has 1 aromatic rings. The lowest BCUT2D eigenvalue weighted by atomic mass is 10.3. The second kappa shape index (κ2) is 7.75. The maximum Gasteiger partial charge on any atom is 0.327 e. The van der Waals surface area contributed by atoms with Gasteiger partial charge in [-0.3, -0.25) is 14.1 Å². The van der Waals surface area contributed by atoms with Crippen LogP contribution in [0.2, 0.25) is 0 Å². The molecule has 1 aromatic carbocycles. The van der Waals surface area contributed by atoms with Gasteiger partial charge in [-0.1, -0.05) is 25.1 Å². The van der Waals surface area contributed by atoms with E-state index in [0.717, 1.165) is 0 Å². The molecule has 0 bridgehead atoms. The molecule has 0 fully saturated rings. The van der Waals surface area contributed by atoms with Crippen molar-refractivity contribution in [3.8, 4) is 5.75 Å². The average molecular weight is 316 g/mol. The fourth-order valence-electron chi connectivity index (χ4n) is 1.42. The summed E-state index contributed by atoms with van der Waals surface area (Å²) in [5.74, 6) is -1.93. The van der Waals surface area contributed by atoms with Gasteiger partial charge in [0.05, 0.1) is 13.0 Å². The van der Waals surface area contributed by atoms with E-state index in [0.29, 0.717) is 6.42 Å². The predicted molar refractivity (Wildman–Crippen MR) is 73.3 cm³/mol. The Hall–Kier alpha value is -1.93. The maximum atomic E-state index is 11.6. The number of carbonyl (C=O) groups excluding carboxylic acids is 2. The Balaban J connectivity index is 2.73. The molecule has 0 radical (unpaired) electrons. The molecule has 7 nitrogen and oxygen atoms in total. The summed E-state index contributed by atoms with van der Waals surface area (Å²) in [5, 5.41) is -1.99. The summed E-state index contributed by atoms with van der Waals surface area (Å²) in [7, 11) is -4.76. The van der Waals surface area contributed by atoms with Crippen molar-refractivity contribution in [2.24, 2.45) is 0 Å². The Labute approximate surface area is 122 Å². The van der Waals surface area contributed by atoms with Crippen LogP contribution in [-0.2, 0) is 24.4 Å². The van der Waals surface area contributed by atoms with Crippen molar-refractivity contribution in [2.45, 2.75) is 25.0 Å². The maximum absolute atomic E-state index is 11.6. The number of hydrogen-bond acceptors (Lipinski definition) is 6. The first-order chi connectivity index (χ1) is 9.84. The van der Waals surface area contributed by atoms with E-state index in [1.165, 1.54) is 12.1 Å². The summed E-state index contributed by atoms with van der Waals surface area (Å²) in [6, 6.07) is 7.95. The van der Waals surface area contributed by atoms with Crippen LogP contribution in [0.4, 0.5) is 0 Å². The second-order valence-corrected chi connectivity index (χ2v) is 5.76. The molecular formula is C13H16O7S. The van der Waals surface area contributed by atoms with Crippen molar-refractivity contribution in [3.05, 3.63) is 30.3 Å². The molecule has 1 rings (SSSR count). The van der Waals surface area contributed by atoms with Crippen molar-refractivity contribution in [1.29, 1.82) is 0 Å². The van der Waals surface area contributed by atoms with Gasteiger partial charge in [-0.15, -0.1) is 0 Å². The SMILES string of the molecule is CCCOC(=O)C(CC(=O)Oc1ccccc1)S(=O)(=O)O. The molecule has 0 aliphatic heterocycles. The number of benzene rings is 1. The highest BCUT2D eigenvalue weighted by Gasteiger charge is 2.35. The van der Waals surface area contributed by atoms with Gasteiger partial charge >= 0.3 is 11.9 Å². The van der Waals surface area contributed by atoms with E-state index in [1.807, 2.05) is 0 Å². The number of hydrogen-bond donors (Lipinski definition) is 1. The van der Waals surface area contributed by atoms with Crippen LogP contribution >= 0.6 is 0 Å². The zero-order chi connectivity index (χ0) is 15.9. The van der Waals surface area contributed by atoms with Crippen LogP contribution < -0.4 is 4.74 Å². The second-order valence-electron chi connectivity index (χ2n) is 4.16. The van der Waals surface area contributed by atoms with E-state index in [1.54, 1.807) is 25.1 Å². The first kappa shape index (κ1) is 17.1. The fraction of sp³-hybridized carbons (Fsp3) is 0.385. The third kappa shape index (κ3) is 5.92. The minimum Gasteiger partial charge on any atom is -0.465 e. The molecular weight excluding hydrogens is 300 g/mol. The van der Waals surface area contributed by atoms with E-state index in [9.17, 15) is 18.0 Å². The highest BCUT2D eigenvalue weighted by atomic mass is 32.2. The first-order valence-corrected chi connectivity index (χ1v) is 7.73. The lowest BCUT2D eigenvalue weighted by molar-refractivity contribution is -0.146. The van der Waals surface area contributed by atoms with E-state index < -0.39 is 33.7 Å². The lowest BCUT2D eigenvalue weighted by Gasteiger charge is -2.12. The Morgan fingerprint density at radius 3 is 2.38 bits per heavy atom. The summed E-state index contributed by atoms with van der Waals surface area (Å²) >= 11 is 0. The van der Waals surface area contributed by atoms with Crippen molar-refractivity contribution in [3.63, 3.8) is 0 Å². The molecule has 0 saturated carbocycles. The number of esters is 2. The molecule has 116 valence electrons. The van der Waals surface area contributed by atoms with Gasteiger partial charge in [0.1, 0.15) is 5.75 Å². The molecule has 0 aliphatic rings. The summed E-state index contributed by atoms with van der Waals surface area (Å²) in [6.07, 6.45) is -0.339. The van der Waals surface area contributed by atoms with Crippen molar-refractivity contribution >= 4 is 22.1 Å². The molecule has 1 unspecified atom stereocenters. The Morgan fingerprint density at radius 2 is 1.86 bits per heavy atom. The molecule has 1 N–H and O–H groups in total. The lowest BCUT2D eigenvalue weighted by Crippen LogP contribution is -2.35. The fourth-order valence-corrected chi connectivity index (χ4v) is 2.08. The summed E-state index contributed by atoms with van der Waals surface area (Å²) in [6.45, 7) is 1.72. The van der Waals surface area contributed by atoms with Crippen LogP contribution in [0.1, 0.15) is 19.8 Å². The van der Waals surface area contributed by atoms with Crippen LogP contribution in [-0.4, -0.2) is 36.8 Å². The summed E-state index contributed by atoms with van der Waals surface area (Å²) in [4.78, 5) is 23.2. The highest BCUT2D eigenvalue weighted by molar-refractivity contribution is 7.87. The Bertz CT molecular complexity index is 580. The predicted octanol–water partition coefficient (Wildman–Crippen LogP) is 1.19. The smallest absolute Gasteiger partial charge is 0.327 e. The van der Waals surface area contributed by atoms with Gasteiger partial charge in [0.25, 0.3) is 10.1 Å². The Morgan fingerprint density at radius 1 is 1.24 bits per heavy atom. The topological polar surface area (TPSA) is 107 Å². The zero-order valence-corrected chi connectivity index (χ0v) is 12.2. The molecule has 0 saturated heterocycles. The van der Waals surface area contributed by atoms with Crippen molar-refractivity contribution < 1.29 is 32.0 Å². The molecule has 0 aromatic heterocycles. The van der Waals surface area contributed by atoms with Gasteiger partial charge in [0.15, 0.2) is 5.25 Å². The van der Waals surface area contributed by atoms with Crippen LogP contribution in [0.15, 0.2) is 30.3 Å². The van der Waals surface area contributed by atoms with Gasteiger partial charge < -0.3 is 9.47 Å². The molecule has 0 heterocycles. The number of para-hydroxylation sites is 1. The van der Waals surface area contributed by atoms with E-state index >= 15 is 0 Å². The van der Waals surface area contributed by atoms with Gasteiger partial charge in [-0.05, 0) is 18.6 Å². The largest absolute Gasteiger partial charge is 0.465 e. The quantitative estimate of drug-likeness (QED) is 0.457. The standard InChI is InChI=1S/C13H16O7S/c1-2-8-19-13(15)11(21(16,17)18)9-12(14)20-10-6-4-3-5-7-10/h3-7,11H,2,8-9H2,1H3,(H,16,17,18). The third-order valence-corrected chi connectivity index (χ3v) is 3.48. The zero-order valence-electron chi connectivity index (χ0n) is 11.4. The van der Waals surface area contributed by atoms with E-state index in [2.05, 4.69) is 4.74 Å². The normalized spacial score (nSPS) is 12.5. The van der Waals surface area contributed by atoms with Crippen LogP contribution in [0, 0.1) is 0 Å². The minimum absolute atomic E-state index is 0.00140. The monoisotopic (exact) mass is 316 g/mol. The van der Waals surface area contributed by atoms with Crippen LogP contribution in [0.25, 0.3) is 0 Å². The molecule has 21 heavy (non-hydrogen) atoms. The number of carbonyl (C=O) groups is 2. The molecule has 0 spiro atoms.